The van der Waals surface area contributed by atoms with Gasteiger partial charge < -0.3 is 29.2 Å². The third-order valence-corrected chi connectivity index (χ3v) is 8.15. The van der Waals surface area contributed by atoms with Gasteiger partial charge in [-0.15, -0.1) is 0 Å². The number of likely N-dealkylation sites (N-methyl/N-ethyl adjacent to an activating group) is 1. The standard InChI is InChI=1S/C30H35F4N7O2/c1-4-26(42)41-13-12-40(18-21(41)16-35-2)28-22-10-11-39(25-7-5-6-23(31)27(25)30(32,33)34)19-24(22)36-29(37-28)43-15-14-38(3)17-20-8-9-20/h4-7,20-21H,1,8-19H2,3H3/t21-/m0/s1. The van der Waals surface area contributed by atoms with Crippen molar-refractivity contribution in [3.8, 4) is 6.01 Å². The van der Waals surface area contributed by atoms with E-state index in [4.69, 9.17) is 16.3 Å². The topological polar surface area (TPSA) is 69.4 Å². The number of hydrogen-bond donors (Lipinski definition) is 0. The Kier molecular flexibility index (Phi) is 9.05. The van der Waals surface area contributed by atoms with E-state index in [9.17, 15) is 22.4 Å². The van der Waals surface area contributed by atoms with Gasteiger partial charge in [-0.25, -0.2) is 11.0 Å². The summed E-state index contributed by atoms with van der Waals surface area (Å²) in [5, 5.41) is 0. The fourth-order valence-corrected chi connectivity index (χ4v) is 5.82. The lowest BCUT2D eigenvalue weighted by Crippen LogP contribution is -2.56. The first-order valence-corrected chi connectivity index (χ1v) is 14.4. The Hall–Kier alpha value is -3.92. The molecule has 1 aromatic heterocycles. The normalized spacial score (nSPS) is 18.8. The zero-order valence-electron chi connectivity index (χ0n) is 24.1. The van der Waals surface area contributed by atoms with Crippen molar-refractivity contribution in [1.82, 2.24) is 19.8 Å². The summed E-state index contributed by atoms with van der Waals surface area (Å²) in [5.41, 5.74) is -0.269. The molecular weight excluding hydrogens is 566 g/mol. The van der Waals surface area contributed by atoms with Crippen molar-refractivity contribution in [2.24, 2.45) is 5.92 Å². The summed E-state index contributed by atoms with van der Waals surface area (Å²) in [6, 6.07) is 3.08. The van der Waals surface area contributed by atoms with Crippen LogP contribution in [0.5, 0.6) is 6.01 Å². The van der Waals surface area contributed by atoms with Crippen LogP contribution in [0.1, 0.15) is 29.7 Å². The lowest BCUT2D eigenvalue weighted by Gasteiger charge is -2.41. The maximum absolute atomic E-state index is 14.4. The zero-order valence-corrected chi connectivity index (χ0v) is 24.1. The lowest BCUT2D eigenvalue weighted by atomic mass is 10.0. The second-order valence-corrected chi connectivity index (χ2v) is 11.3. The van der Waals surface area contributed by atoms with Gasteiger partial charge in [0.05, 0.1) is 17.9 Å². The highest BCUT2D eigenvalue weighted by Crippen LogP contribution is 2.40. The molecule has 1 aliphatic carbocycles. The fourth-order valence-electron chi connectivity index (χ4n) is 5.82. The van der Waals surface area contributed by atoms with Crippen LogP contribution in [-0.4, -0.2) is 91.2 Å². The number of hydrogen-bond acceptors (Lipinski definition) is 7. The van der Waals surface area contributed by atoms with Crippen LogP contribution < -0.4 is 14.5 Å². The van der Waals surface area contributed by atoms with E-state index in [-0.39, 0.29) is 43.3 Å². The van der Waals surface area contributed by atoms with Crippen LogP contribution >= 0.6 is 0 Å². The summed E-state index contributed by atoms with van der Waals surface area (Å²) in [5.74, 6) is -0.260. The van der Waals surface area contributed by atoms with Crippen molar-refractivity contribution in [2.75, 3.05) is 69.3 Å². The van der Waals surface area contributed by atoms with Crippen LogP contribution in [0.4, 0.5) is 29.1 Å². The third kappa shape index (κ3) is 7.01. The van der Waals surface area contributed by atoms with E-state index in [1.807, 2.05) is 11.9 Å². The van der Waals surface area contributed by atoms with Gasteiger partial charge in [0.2, 0.25) is 12.5 Å². The molecule has 0 unspecified atom stereocenters. The number of benzene rings is 1. The minimum atomic E-state index is -4.86. The Morgan fingerprint density at radius 3 is 2.72 bits per heavy atom. The summed E-state index contributed by atoms with van der Waals surface area (Å²) in [4.78, 5) is 32.6. The Bertz CT molecular complexity index is 1390. The van der Waals surface area contributed by atoms with E-state index in [1.54, 1.807) is 4.90 Å². The van der Waals surface area contributed by atoms with E-state index >= 15 is 0 Å². The number of aromatic nitrogens is 2. The number of nitrogens with zero attached hydrogens (tertiary/aromatic N) is 7. The first-order valence-electron chi connectivity index (χ1n) is 14.4. The second kappa shape index (κ2) is 12.8. The molecule has 13 heteroatoms. The number of piperazine rings is 1. The number of carbonyl (C=O) groups excluding carboxylic acids is 1. The Labute approximate surface area is 248 Å². The van der Waals surface area contributed by atoms with Crippen LogP contribution in [0.15, 0.2) is 30.9 Å². The predicted octanol–water partition coefficient (Wildman–Crippen LogP) is 4.04. The Balaban J connectivity index is 1.44. The van der Waals surface area contributed by atoms with Crippen LogP contribution in [0.3, 0.4) is 0 Å². The van der Waals surface area contributed by atoms with Crippen molar-refractivity contribution < 1.29 is 27.1 Å². The minimum Gasteiger partial charge on any atom is -0.462 e. The monoisotopic (exact) mass is 601 g/mol. The number of halogens is 4. The van der Waals surface area contributed by atoms with Crippen LogP contribution in [-0.2, 0) is 23.9 Å². The molecule has 3 heterocycles. The fraction of sp³-hybridized carbons (Fsp3) is 0.533. The summed E-state index contributed by atoms with van der Waals surface area (Å²) < 4.78 is 62.0. The van der Waals surface area contributed by atoms with Gasteiger partial charge in [0, 0.05) is 44.8 Å². The van der Waals surface area contributed by atoms with Gasteiger partial charge in [0.15, 0.2) is 0 Å². The number of carbonyl (C=O) groups is 1. The van der Waals surface area contributed by atoms with E-state index in [0.717, 1.165) is 24.1 Å². The van der Waals surface area contributed by atoms with E-state index in [0.29, 0.717) is 50.7 Å². The number of fused-ring (bicyclic) bond motifs is 1. The average Bonchev–Trinajstić information content (AvgIpc) is 3.79. The van der Waals surface area contributed by atoms with Gasteiger partial charge in [0.25, 0.3) is 0 Å². The molecule has 1 saturated carbocycles. The molecule has 0 N–H and O–H groups in total. The molecule has 2 fully saturated rings. The molecule has 43 heavy (non-hydrogen) atoms. The highest BCUT2D eigenvalue weighted by atomic mass is 19.4. The van der Waals surface area contributed by atoms with E-state index in [1.165, 1.54) is 36.0 Å². The maximum Gasteiger partial charge on any atom is 0.421 e. The quantitative estimate of drug-likeness (QED) is 0.231. The van der Waals surface area contributed by atoms with Gasteiger partial charge in [-0.05, 0) is 50.4 Å². The molecule has 9 nitrogen and oxygen atoms in total. The van der Waals surface area contributed by atoms with Crippen molar-refractivity contribution >= 4 is 17.4 Å². The number of alkyl halides is 3. The molecule has 0 bridgehead atoms. The molecule has 1 atom stereocenters. The molecule has 2 aliphatic heterocycles. The first kappa shape index (κ1) is 30.5. The number of anilines is 2. The molecule has 1 amide bonds. The van der Waals surface area contributed by atoms with Crippen molar-refractivity contribution in [1.29, 1.82) is 0 Å². The van der Waals surface area contributed by atoms with Gasteiger partial charge in [-0.1, -0.05) is 12.6 Å². The molecule has 2 aromatic rings. The van der Waals surface area contributed by atoms with E-state index in [2.05, 4.69) is 21.3 Å². The van der Waals surface area contributed by atoms with Gasteiger partial charge in [0.1, 0.15) is 29.8 Å². The van der Waals surface area contributed by atoms with Gasteiger partial charge in [-0.3, -0.25) is 4.79 Å². The van der Waals surface area contributed by atoms with E-state index < -0.39 is 17.6 Å². The minimum absolute atomic E-state index is 0.00965. The third-order valence-electron chi connectivity index (χ3n) is 8.15. The van der Waals surface area contributed by atoms with Crippen LogP contribution in [0.2, 0.25) is 0 Å². The van der Waals surface area contributed by atoms with Crippen molar-refractivity contribution in [2.45, 2.75) is 38.0 Å². The first-order chi connectivity index (χ1) is 20.6. The van der Waals surface area contributed by atoms with Gasteiger partial charge >= 0.3 is 12.2 Å². The zero-order chi connectivity index (χ0) is 30.7. The molecule has 5 rings (SSSR count). The van der Waals surface area contributed by atoms with Gasteiger partial charge in [-0.2, -0.15) is 23.1 Å². The highest BCUT2D eigenvalue weighted by molar-refractivity contribution is 5.87. The highest BCUT2D eigenvalue weighted by Gasteiger charge is 2.40. The number of rotatable bonds is 10. The molecule has 1 saturated heterocycles. The second-order valence-electron chi connectivity index (χ2n) is 11.3. The lowest BCUT2D eigenvalue weighted by molar-refractivity contribution is -0.139. The summed E-state index contributed by atoms with van der Waals surface area (Å²) in [6.07, 6.45) is -0.830. The summed E-state index contributed by atoms with van der Waals surface area (Å²) in [6.45, 7) is 14.4. The summed E-state index contributed by atoms with van der Waals surface area (Å²) in [7, 11) is 2.03. The Morgan fingerprint density at radius 2 is 2.02 bits per heavy atom. The number of ether oxygens (including phenoxy) is 1. The molecule has 1 aromatic carbocycles. The SMILES string of the molecule is [C-]#[N+]C[C@H]1CN(c2nc(OCCN(C)CC3CC3)nc3c2CCN(c2cccc(F)c2C(F)(F)F)C3)CCN1C(=O)C=C. The van der Waals surface area contributed by atoms with Crippen molar-refractivity contribution in [3.63, 3.8) is 0 Å². The average molecular weight is 602 g/mol. The van der Waals surface area contributed by atoms with Crippen LogP contribution in [0.25, 0.3) is 4.85 Å². The maximum atomic E-state index is 14.4. The molecule has 0 radical (unpaired) electrons. The predicted molar refractivity (Wildman–Crippen MR) is 153 cm³/mol. The largest absolute Gasteiger partial charge is 0.462 e. The van der Waals surface area contributed by atoms with Crippen molar-refractivity contribution in [3.05, 3.63) is 64.9 Å². The molecule has 0 spiro atoms. The Morgan fingerprint density at radius 1 is 1.23 bits per heavy atom. The molecule has 3 aliphatic rings. The smallest absolute Gasteiger partial charge is 0.421 e. The molecular formula is C30H35F4N7O2. The van der Waals surface area contributed by atoms with Crippen LogP contribution in [0, 0.1) is 18.3 Å². The number of amides is 1. The summed E-state index contributed by atoms with van der Waals surface area (Å²) >= 11 is 0. The molecule has 230 valence electrons.